The second-order valence-corrected chi connectivity index (χ2v) is 3.76. The van der Waals surface area contributed by atoms with E-state index in [9.17, 15) is 0 Å². The smallest absolute Gasteiger partial charge is 0.0136 e. The van der Waals surface area contributed by atoms with Gasteiger partial charge in [0.2, 0.25) is 0 Å². The van der Waals surface area contributed by atoms with Crippen LogP contribution in [0.5, 0.6) is 0 Å². The molecule has 0 saturated heterocycles. The number of allylic oxidation sites excluding steroid dienone is 5. The molecule has 0 aromatic rings. The van der Waals surface area contributed by atoms with E-state index in [1.54, 1.807) is 0 Å². The Labute approximate surface area is 88.4 Å². The molecule has 14 heavy (non-hydrogen) atoms. The molecule has 0 heterocycles. The van der Waals surface area contributed by atoms with E-state index in [0.717, 1.165) is 12.3 Å². The van der Waals surface area contributed by atoms with Gasteiger partial charge in [-0.3, -0.25) is 0 Å². The van der Waals surface area contributed by atoms with Gasteiger partial charge in [-0.15, -0.1) is 6.58 Å². The van der Waals surface area contributed by atoms with Crippen LogP contribution in [0.15, 0.2) is 37.0 Å². The summed E-state index contributed by atoms with van der Waals surface area (Å²) in [4.78, 5) is 0. The summed E-state index contributed by atoms with van der Waals surface area (Å²) in [5.41, 5.74) is 0. The highest BCUT2D eigenvalue weighted by Crippen LogP contribution is 2.26. The molecule has 1 aliphatic rings. The van der Waals surface area contributed by atoms with Crippen molar-refractivity contribution < 1.29 is 0 Å². The van der Waals surface area contributed by atoms with E-state index in [1.807, 2.05) is 12.5 Å². The highest BCUT2D eigenvalue weighted by atomic mass is 14.2. The van der Waals surface area contributed by atoms with E-state index >= 15 is 0 Å². The molecule has 0 spiro atoms. The lowest BCUT2D eigenvalue weighted by molar-refractivity contribution is 0.651. The second kappa shape index (κ2) is 7.61. The van der Waals surface area contributed by atoms with Gasteiger partial charge in [-0.2, -0.15) is 0 Å². The first-order valence-electron chi connectivity index (χ1n) is 5.54. The summed E-state index contributed by atoms with van der Waals surface area (Å²) in [5, 5.41) is 0. The van der Waals surface area contributed by atoms with E-state index in [1.165, 1.54) is 25.7 Å². The van der Waals surface area contributed by atoms with Crippen LogP contribution in [0.3, 0.4) is 0 Å². The van der Waals surface area contributed by atoms with Gasteiger partial charge in [0.1, 0.15) is 0 Å². The summed E-state index contributed by atoms with van der Waals surface area (Å²) in [7, 11) is 0. The third-order valence-corrected chi connectivity index (χ3v) is 2.58. The van der Waals surface area contributed by atoms with Crippen LogP contribution in [0, 0.1) is 18.8 Å². The van der Waals surface area contributed by atoms with Crippen molar-refractivity contribution in [3.05, 3.63) is 49.8 Å². The molecule has 0 amide bonds. The van der Waals surface area contributed by atoms with Crippen molar-refractivity contribution in [2.45, 2.75) is 32.1 Å². The monoisotopic (exact) mass is 188 g/mol. The van der Waals surface area contributed by atoms with Crippen LogP contribution < -0.4 is 0 Å². The van der Waals surface area contributed by atoms with Crippen molar-refractivity contribution in [3.63, 3.8) is 0 Å². The van der Waals surface area contributed by atoms with Crippen molar-refractivity contribution in [2.75, 3.05) is 0 Å². The fourth-order valence-electron chi connectivity index (χ4n) is 1.77. The molecule has 0 bridgehead atoms. The minimum Gasteiger partial charge on any atom is -0.103 e. The summed E-state index contributed by atoms with van der Waals surface area (Å²) in [5.74, 6) is 0.847. The fourth-order valence-corrected chi connectivity index (χ4v) is 1.77. The van der Waals surface area contributed by atoms with E-state index in [4.69, 9.17) is 0 Å². The lowest BCUT2D eigenvalue weighted by Gasteiger charge is -2.01. The predicted octanol–water partition coefficient (Wildman–Crippen LogP) is 4.27. The minimum atomic E-state index is 0.847. The molecular weight excluding hydrogens is 168 g/mol. The maximum atomic E-state index is 3.63. The average Bonchev–Trinajstić information content (AvgIpc) is 2.69. The van der Waals surface area contributed by atoms with E-state index in [0.29, 0.717) is 0 Å². The van der Waals surface area contributed by atoms with Gasteiger partial charge in [0.25, 0.3) is 0 Å². The van der Waals surface area contributed by atoms with Crippen LogP contribution >= 0.6 is 0 Å². The topological polar surface area (TPSA) is 0 Å². The first-order valence-corrected chi connectivity index (χ1v) is 5.54. The number of hydrogen-bond acceptors (Lipinski definition) is 0. The molecule has 1 aliphatic carbocycles. The van der Waals surface area contributed by atoms with Crippen LogP contribution in [0.25, 0.3) is 0 Å². The van der Waals surface area contributed by atoms with Gasteiger partial charge in [0.05, 0.1) is 0 Å². The van der Waals surface area contributed by atoms with Crippen molar-refractivity contribution in [2.24, 2.45) is 5.92 Å². The Kier molecular flexibility index (Phi) is 6.14. The maximum Gasteiger partial charge on any atom is -0.0136 e. The molecule has 0 aliphatic heterocycles. The Bertz CT molecular complexity index is 192. The Morgan fingerprint density at radius 3 is 2.57 bits per heavy atom. The average molecular weight is 188 g/mol. The van der Waals surface area contributed by atoms with Crippen molar-refractivity contribution in [3.8, 4) is 0 Å². The normalized spacial score (nSPS) is 18.6. The summed E-state index contributed by atoms with van der Waals surface area (Å²) >= 11 is 0. The molecule has 0 nitrogen and oxygen atoms in total. The zero-order valence-corrected chi connectivity index (χ0v) is 8.86. The lowest BCUT2D eigenvalue weighted by atomic mass is 10.0. The van der Waals surface area contributed by atoms with Gasteiger partial charge in [0.15, 0.2) is 0 Å². The van der Waals surface area contributed by atoms with Crippen molar-refractivity contribution in [1.82, 2.24) is 0 Å². The third-order valence-electron chi connectivity index (χ3n) is 2.58. The van der Waals surface area contributed by atoms with E-state index in [2.05, 4.69) is 37.3 Å². The van der Waals surface area contributed by atoms with Crippen molar-refractivity contribution in [1.29, 1.82) is 0 Å². The highest BCUT2D eigenvalue weighted by molar-refractivity contribution is 5.10. The third kappa shape index (κ3) is 5.06. The van der Waals surface area contributed by atoms with Gasteiger partial charge in [0, 0.05) is 0 Å². The Morgan fingerprint density at radius 2 is 1.86 bits per heavy atom. The highest BCUT2D eigenvalue weighted by Gasteiger charge is 2.12. The molecule has 0 N–H and O–H groups in total. The molecule has 0 heteroatoms. The fraction of sp³-hybridized carbons (Fsp3) is 0.429. The van der Waals surface area contributed by atoms with Crippen LogP contribution in [0.4, 0.5) is 0 Å². The molecule has 0 atom stereocenters. The van der Waals surface area contributed by atoms with Gasteiger partial charge in [-0.1, -0.05) is 43.2 Å². The lowest BCUT2D eigenvalue weighted by Crippen LogP contribution is -1.89. The standard InChI is InChI=1S/C14H20/c1-2-3-4-5-6-7-8-11-14-12-9-10-13-14/h2-3,5-8,11,14H,1,4,9-10,12-13H2/b6-5-,8-7-. The Morgan fingerprint density at radius 1 is 1.07 bits per heavy atom. The van der Waals surface area contributed by atoms with Gasteiger partial charge in [-0.05, 0) is 38.0 Å². The molecule has 1 rings (SSSR count). The summed E-state index contributed by atoms with van der Waals surface area (Å²) < 4.78 is 0. The summed E-state index contributed by atoms with van der Waals surface area (Å²) in [6.07, 6.45) is 21.4. The second-order valence-electron chi connectivity index (χ2n) is 3.76. The summed E-state index contributed by atoms with van der Waals surface area (Å²) in [6, 6.07) is 0. The minimum absolute atomic E-state index is 0.847. The van der Waals surface area contributed by atoms with E-state index in [-0.39, 0.29) is 0 Å². The summed E-state index contributed by atoms with van der Waals surface area (Å²) in [6.45, 7) is 3.63. The SMILES string of the molecule is C=C[CH]C/C=C\C=C/[CH]C1CCCC1. The zero-order chi connectivity index (χ0) is 10.1. The van der Waals surface area contributed by atoms with Crippen LogP contribution in [-0.4, -0.2) is 0 Å². The van der Waals surface area contributed by atoms with Crippen molar-refractivity contribution >= 4 is 0 Å². The molecular formula is C14H20. The first kappa shape index (κ1) is 11.3. The first-order chi connectivity index (χ1) is 6.93. The van der Waals surface area contributed by atoms with Gasteiger partial charge >= 0.3 is 0 Å². The molecule has 2 radical (unpaired) electrons. The van der Waals surface area contributed by atoms with Gasteiger partial charge < -0.3 is 0 Å². The predicted molar refractivity (Wildman–Crippen MR) is 63.7 cm³/mol. The quantitative estimate of drug-likeness (QED) is 0.431. The number of unbranched alkanes of at least 4 members (excludes halogenated alkanes) is 1. The number of rotatable bonds is 6. The zero-order valence-electron chi connectivity index (χ0n) is 8.86. The molecule has 0 unspecified atom stereocenters. The number of hydrogen-bond donors (Lipinski definition) is 0. The molecule has 0 aromatic carbocycles. The van der Waals surface area contributed by atoms with Crippen LogP contribution in [-0.2, 0) is 0 Å². The molecule has 76 valence electrons. The molecule has 0 aromatic heterocycles. The molecule has 1 saturated carbocycles. The van der Waals surface area contributed by atoms with E-state index < -0.39 is 0 Å². The molecule has 1 fully saturated rings. The largest absolute Gasteiger partial charge is 0.103 e. The maximum absolute atomic E-state index is 3.63. The van der Waals surface area contributed by atoms with Crippen LogP contribution in [0.1, 0.15) is 32.1 Å². The Hall–Kier alpha value is -0.780. The Balaban J connectivity index is 2.01. The van der Waals surface area contributed by atoms with Crippen LogP contribution in [0.2, 0.25) is 0 Å². The van der Waals surface area contributed by atoms with Gasteiger partial charge in [-0.25, -0.2) is 0 Å².